The summed E-state index contributed by atoms with van der Waals surface area (Å²) in [5, 5.41) is 7.23. The van der Waals surface area contributed by atoms with Crippen LogP contribution in [-0.2, 0) is 20.0 Å². The first kappa shape index (κ1) is 23.9. The van der Waals surface area contributed by atoms with Gasteiger partial charge in [-0.15, -0.1) is 0 Å². The zero-order valence-corrected chi connectivity index (χ0v) is 18.9. The van der Waals surface area contributed by atoms with Crippen molar-refractivity contribution in [2.45, 2.75) is 22.1 Å². The molecule has 1 aromatic carbocycles. The van der Waals surface area contributed by atoms with Gasteiger partial charge < -0.3 is 10.0 Å². The molecule has 0 amide bonds. The van der Waals surface area contributed by atoms with Crippen molar-refractivity contribution in [3.63, 3.8) is 0 Å². The van der Waals surface area contributed by atoms with Crippen molar-refractivity contribution in [3.05, 3.63) is 21.9 Å². The molecular formula is C10H10ClF3KN3O4S3. The molecule has 1 atom stereocenters. The Balaban J connectivity index is 0.00000312. The molecule has 0 aliphatic carbocycles. The van der Waals surface area contributed by atoms with E-state index in [4.69, 9.17) is 16.7 Å². The summed E-state index contributed by atoms with van der Waals surface area (Å²) in [7, 11) is -8.52. The van der Waals surface area contributed by atoms with Crippen molar-refractivity contribution >= 4 is 49.1 Å². The fraction of sp³-hybridized carbons (Fsp3) is 0.400. The number of fused-ring (bicyclic) bond motifs is 1. The summed E-state index contributed by atoms with van der Waals surface area (Å²) in [5.74, 6) is -1.41. The number of alkyl halides is 3. The molecule has 1 unspecified atom stereocenters. The first-order valence-electron chi connectivity index (χ1n) is 6.04. The summed E-state index contributed by atoms with van der Waals surface area (Å²) in [5.41, 5.74) is -0.0555. The van der Waals surface area contributed by atoms with Gasteiger partial charge in [0, 0.05) is 0 Å². The Hall–Kier alpha value is 0.906. The van der Waals surface area contributed by atoms with Crippen molar-refractivity contribution in [1.29, 1.82) is 0 Å². The second-order valence-electron chi connectivity index (χ2n) is 4.69. The van der Waals surface area contributed by atoms with Crippen LogP contribution in [0.1, 0.15) is 0 Å². The van der Waals surface area contributed by atoms with Crippen LogP contribution in [0.15, 0.2) is 21.9 Å². The monoisotopic (exact) mass is 463 g/mol. The number of nitrogens with zero attached hydrogens (tertiary/aromatic N) is 1. The maximum absolute atomic E-state index is 12.1. The van der Waals surface area contributed by atoms with Crippen LogP contribution in [0.5, 0.6) is 0 Å². The van der Waals surface area contributed by atoms with Crippen LogP contribution in [0.25, 0.3) is 4.72 Å². The summed E-state index contributed by atoms with van der Waals surface area (Å²) < 4.78 is 86.8. The number of thioether (sulfide) groups is 1. The van der Waals surface area contributed by atoms with Crippen LogP contribution in [0.4, 0.5) is 18.9 Å². The summed E-state index contributed by atoms with van der Waals surface area (Å²) in [6, 6.07) is 1.79. The van der Waals surface area contributed by atoms with Gasteiger partial charge in [-0.3, -0.25) is 0 Å². The minimum Gasteiger partial charge on any atom is -0.524 e. The quantitative estimate of drug-likeness (QED) is 0.558. The molecule has 0 bridgehead atoms. The largest absolute Gasteiger partial charge is 1.00 e. The molecule has 0 saturated heterocycles. The Kier molecular flexibility index (Phi) is 8.15. The molecule has 7 nitrogen and oxygen atoms in total. The second kappa shape index (κ2) is 8.51. The van der Waals surface area contributed by atoms with E-state index >= 15 is 0 Å². The Labute approximate surface area is 194 Å². The third kappa shape index (κ3) is 6.48. The van der Waals surface area contributed by atoms with Gasteiger partial charge in [-0.25, -0.2) is 22.0 Å². The fourth-order valence-corrected chi connectivity index (χ4v) is 5.10. The number of hydrogen-bond donors (Lipinski definition) is 2. The molecule has 136 valence electrons. The first-order valence-corrected chi connectivity index (χ1v) is 10.6. The number of hydrogen-bond acceptors (Lipinski definition) is 6. The number of benzene rings is 1. The van der Waals surface area contributed by atoms with E-state index in [1.54, 1.807) is 0 Å². The Morgan fingerprint density at radius 1 is 1.36 bits per heavy atom. The molecule has 0 aromatic heterocycles. The maximum atomic E-state index is 12.1. The molecule has 0 fully saturated rings. The van der Waals surface area contributed by atoms with Gasteiger partial charge in [-0.2, -0.15) is 24.9 Å². The van der Waals surface area contributed by atoms with Crippen LogP contribution < -0.4 is 61.8 Å². The number of primary sulfonamides is 1. The zero-order chi connectivity index (χ0) is 18.3. The minimum absolute atomic E-state index is 0. The zero-order valence-electron chi connectivity index (χ0n) is 12.5. The molecule has 0 radical (unpaired) electrons. The number of halogens is 4. The maximum Gasteiger partial charge on any atom is 1.00 e. The van der Waals surface area contributed by atoms with Crippen LogP contribution >= 0.6 is 23.4 Å². The number of anilines is 1. The van der Waals surface area contributed by atoms with Crippen LogP contribution in [0.2, 0.25) is 5.02 Å². The number of sulfonamides is 2. The standard InChI is InChI=1S/C10H10ClF3N3O4S3.K/c11-5-1-6-8(2-7(5)23(15,18)19)24(20,21)17-9(16-6)3-22-4-10(12,13)14;/h1-2,9,16H,3-4H2,(H2,15,18,19);/q-1;+1. The summed E-state index contributed by atoms with van der Waals surface area (Å²) in [6.45, 7) is 0. The van der Waals surface area contributed by atoms with E-state index in [1.807, 2.05) is 0 Å². The van der Waals surface area contributed by atoms with Crippen LogP contribution in [-0.4, -0.2) is 40.7 Å². The molecule has 15 heteroatoms. The molecule has 0 saturated carbocycles. The van der Waals surface area contributed by atoms with Gasteiger partial charge in [-0.1, -0.05) is 11.6 Å². The van der Waals surface area contributed by atoms with Crippen molar-refractivity contribution in [1.82, 2.24) is 0 Å². The average molecular weight is 464 g/mol. The number of nitrogens with two attached hydrogens (primary N) is 1. The molecule has 3 N–H and O–H groups in total. The van der Waals surface area contributed by atoms with E-state index in [0.717, 1.165) is 12.1 Å². The van der Waals surface area contributed by atoms with E-state index < -0.39 is 47.9 Å². The van der Waals surface area contributed by atoms with Crippen molar-refractivity contribution in [2.24, 2.45) is 5.14 Å². The normalized spacial score (nSPS) is 19.5. The summed E-state index contributed by atoms with van der Waals surface area (Å²) >= 11 is 6.23. The minimum atomic E-state index is -4.39. The number of rotatable bonds is 4. The molecular weight excluding hydrogens is 454 g/mol. The summed E-state index contributed by atoms with van der Waals surface area (Å²) in [6.07, 6.45) is -5.52. The molecule has 0 spiro atoms. The smallest absolute Gasteiger partial charge is 0.524 e. The van der Waals surface area contributed by atoms with E-state index in [1.165, 1.54) is 0 Å². The third-order valence-electron chi connectivity index (χ3n) is 2.75. The van der Waals surface area contributed by atoms with Crippen molar-refractivity contribution in [3.8, 4) is 0 Å². The van der Waals surface area contributed by atoms with Gasteiger partial charge in [0.05, 0.1) is 21.4 Å². The van der Waals surface area contributed by atoms with Gasteiger partial charge in [0.1, 0.15) is 14.9 Å². The van der Waals surface area contributed by atoms with E-state index in [2.05, 4.69) is 10.0 Å². The first-order chi connectivity index (χ1) is 10.8. The Morgan fingerprint density at radius 3 is 2.48 bits per heavy atom. The average Bonchev–Trinajstić information content (AvgIpc) is 2.33. The Morgan fingerprint density at radius 2 is 1.96 bits per heavy atom. The molecule has 1 aromatic rings. The second-order valence-corrected chi connectivity index (χ2v) is 9.26. The summed E-state index contributed by atoms with van der Waals surface area (Å²) in [4.78, 5) is -1.05. The molecule has 1 heterocycles. The van der Waals surface area contributed by atoms with Gasteiger partial charge in [0.2, 0.25) is 10.0 Å². The van der Waals surface area contributed by atoms with E-state index in [0.29, 0.717) is 11.8 Å². The van der Waals surface area contributed by atoms with Gasteiger partial charge in [-0.05, 0) is 24.1 Å². The van der Waals surface area contributed by atoms with Gasteiger partial charge >= 0.3 is 57.6 Å². The molecule has 25 heavy (non-hydrogen) atoms. The van der Waals surface area contributed by atoms with Crippen molar-refractivity contribution in [2.75, 3.05) is 16.8 Å². The molecule has 2 rings (SSSR count). The van der Waals surface area contributed by atoms with Crippen LogP contribution in [0, 0.1) is 0 Å². The number of nitrogens with one attached hydrogen (secondary N) is 1. The molecule has 1 aliphatic rings. The molecule has 1 aliphatic heterocycles. The van der Waals surface area contributed by atoms with E-state index in [9.17, 15) is 30.0 Å². The van der Waals surface area contributed by atoms with Gasteiger partial charge in [0.15, 0.2) is 0 Å². The van der Waals surface area contributed by atoms with Crippen molar-refractivity contribution < 1.29 is 81.4 Å². The fourth-order valence-electron chi connectivity index (χ4n) is 1.87. The Bertz CT molecular complexity index is 864. The van der Waals surface area contributed by atoms with Crippen LogP contribution in [0.3, 0.4) is 0 Å². The van der Waals surface area contributed by atoms with E-state index in [-0.39, 0.29) is 67.8 Å². The topological polar surface area (TPSA) is 120 Å². The predicted molar refractivity (Wildman–Crippen MR) is 84.2 cm³/mol. The predicted octanol–water partition coefficient (Wildman–Crippen LogP) is -0.899. The van der Waals surface area contributed by atoms with Gasteiger partial charge in [0.25, 0.3) is 0 Å². The SMILES string of the molecule is NS(=O)(=O)c1cc2c(cc1Cl)NC(CSCC(F)(F)F)[N-]S2(=O)=O.[K+]. The third-order valence-corrected chi connectivity index (χ3v) is 6.63.